The van der Waals surface area contributed by atoms with E-state index in [-0.39, 0.29) is 11.8 Å². The van der Waals surface area contributed by atoms with E-state index < -0.39 is 0 Å². The van der Waals surface area contributed by atoms with Gasteiger partial charge in [0.25, 0.3) is 0 Å². The first-order valence-electron chi connectivity index (χ1n) is 4.05. The average Bonchev–Trinajstić information content (AvgIpc) is 2.03. The minimum Gasteiger partial charge on any atom is -0.370 e. The number of carbonyl (C=O) groups excluding carboxylic acids is 1. The van der Waals surface area contributed by atoms with E-state index in [1.165, 1.54) is 0 Å². The molecule has 0 saturated carbocycles. The highest BCUT2D eigenvalue weighted by molar-refractivity contribution is 5.73. The fraction of sp³-hybridized carbons (Fsp3) is 0.750. The number of hydrogen-bond donors (Lipinski definition) is 2. The van der Waals surface area contributed by atoms with Crippen molar-refractivity contribution in [1.82, 2.24) is 5.32 Å². The molecule has 0 aromatic heterocycles. The molecule has 0 heterocycles. The SMILES string of the molecule is CC(C#N)CNCCCC(N)=O. The first-order valence-corrected chi connectivity index (χ1v) is 4.05. The number of carbonyl (C=O) groups is 1. The van der Waals surface area contributed by atoms with E-state index in [0.29, 0.717) is 13.0 Å². The van der Waals surface area contributed by atoms with Gasteiger partial charge < -0.3 is 11.1 Å². The molecule has 0 rings (SSSR count). The average molecular weight is 169 g/mol. The van der Waals surface area contributed by atoms with Gasteiger partial charge >= 0.3 is 0 Å². The molecule has 3 N–H and O–H groups in total. The molecule has 0 aliphatic carbocycles. The Bertz CT molecular complexity index is 174. The van der Waals surface area contributed by atoms with Gasteiger partial charge in [0, 0.05) is 13.0 Å². The van der Waals surface area contributed by atoms with E-state index >= 15 is 0 Å². The lowest BCUT2D eigenvalue weighted by Gasteiger charge is -2.03. The lowest BCUT2D eigenvalue weighted by atomic mass is 10.2. The van der Waals surface area contributed by atoms with Gasteiger partial charge in [-0.3, -0.25) is 4.79 Å². The zero-order valence-corrected chi connectivity index (χ0v) is 7.34. The summed E-state index contributed by atoms with van der Waals surface area (Å²) in [4.78, 5) is 10.3. The van der Waals surface area contributed by atoms with Crippen molar-refractivity contribution < 1.29 is 4.79 Å². The third-order valence-electron chi connectivity index (χ3n) is 1.45. The van der Waals surface area contributed by atoms with Gasteiger partial charge in [-0.25, -0.2) is 0 Å². The summed E-state index contributed by atoms with van der Waals surface area (Å²) in [7, 11) is 0. The van der Waals surface area contributed by atoms with Crippen LogP contribution in [0.1, 0.15) is 19.8 Å². The molecule has 12 heavy (non-hydrogen) atoms. The van der Waals surface area contributed by atoms with Crippen LogP contribution in [0.4, 0.5) is 0 Å². The third-order valence-corrected chi connectivity index (χ3v) is 1.45. The highest BCUT2D eigenvalue weighted by Crippen LogP contribution is 1.89. The van der Waals surface area contributed by atoms with Crippen molar-refractivity contribution in [2.45, 2.75) is 19.8 Å². The minimum absolute atomic E-state index is 0.0265. The highest BCUT2D eigenvalue weighted by atomic mass is 16.1. The first-order chi connectivity index (χ1) is 5.66. The summed E-state index contributed by atoms with van der Waals surface area (Å²) in [6.45, 7) is 3.27. The summed E-state index contributed by atoms with van der Waals surface area (Å²) in [6.07, 6.45) is 1.15. The Labute approximate surface area is 72.7 Å². The summed E-state index contributed by atoms with van der Waals surface area (Å²) in [5, 5.41) is 11.5. The fourth-order valence-electron chi connectivity index (χ4n) is 0.752. The van der Waals surface area contributed by atoms with E-state index in [2.05, 4.69) is 11.4 Å². The van der Waals surface area contributed by atoms with Crippen LogP contribution in [0.3, 0.4) is 0 Å². The van der Waals surface area contributed by atoms with Gasteiger partial charge in [0.2, 0.25) is 5.91 Å². The molecule has 0 radical (unpaired) electrons. The monoisotopic (exact) mass is 169 g/mol. The van der Waals surface area contributed by atoms with Gasteiger partial charge in [-0.2, -0.15) is 5.26 Å². The van der Waals surface area contributed by atoms with E-state index in [9.17, 15) is 4.79 Å². The summed E-state index contributed by atoms with van der Waals surface area (Å²) < 4.78 is 0. The van der Waals surface area contributed by atoms with Crippen molar-refractivity contribution in [3.05, 3.63) is 0 Å². The smallest absolute Gasteiger partial charge is 0.217 e. The van der Waals surface area contributed by atoms with Crippen LogP contribution in [0, 0.1) is 17.2 Å². The Hall–Kier alpha value is -1.08. The zero-order valence-electron chi connectivity index (χ0n) is 7.34. The van der Waals surface area contributed by atoms with E-state index in [0.717, 1.165) is 13.0 Å². The van der Waals surface area contributed by atoms with E-state index in [1.54, 1.807) is 0 Å². The summed E-state index contributed by atoms with van der Waals surface area (Å²) in [6, 6.07) is 2.11. The number of rotatable bonds is 6. The maximum Gasteiger partial charge on any atom is 0.217 e. The molecule has 1 unspecified atom stereocenters. The second-order valence-corrected chi connectivity index (χ2v) is 2.80. The van der Waals surface area contributed by atoms with Crippen molar-refractivity contribution in [2.75, 3.05) is 13.1 Å². The van der Waals surface area contributed by atoms with Crippen LogP contribution in [0.15, 0.2) is 0 Å². The number of nitrogens with two attached hydrogens (primary N) is 1. The van der Waals surface area contributed by atoms with Crippen LogP contribution in [0.25, 0.3) is 0 Å². The van der Waals surface area contributed by atoms with E-state index in [1.807, 2.05) is 6.92 Å². The Morgan fingerprint density at radius 3 is 2.92 bits per heavy atom. The third kappa shape index (κ3) is 7.03. The highest BCUT2D eigenvalue weighted by Gasteiger charge is 1.98. The molecule has 0 fully saturated rings. The van der Waals surface area contributed by atoms with Crippen LogP contribution < -0.4 is 11.1 Å². The Balaban J connectivity index is 3.12. The number of hydrogen-bond acceptors (Lipinski definition) is 3. The van der Waals surface area contributed by atoms with Gasteiger partial charge in [-0.05, 0) is 19.9 Å². The van der Waals surface area contributed by atoms with Crippen LogP contribution in [-0.4, -0.2) is 19.0 Å². The van der Waals surface area contributed by atoms with Crippen LogP contribution >= 0.6 is 0 Å². The van der Waals surface area contributed by atoms with Crippen molar-refractivity contribution in [1.29, 1.82) is 5.26 Å². The number of primary amides is 1. The quantitative estimate of drug-likeness (QED) is 0.549. The summed E-state index contributed by atoms with van der Waals surface area (Å²) in [5.74, 6) is -0.247. The molecule has 1 atom stereocenters. The maximum absolute atomic E-state index is 10.3. The molecule has 0 saturated heterocycles. The van der Waals surface area contributed by atoms with Crippen molar-refractivity contribution in [3.63, 3.8) is 0 Å². The van der Waals surface area contributed by atoms with Gasteiger partial charge in [-0.15, -0.1) is 0 Å². The molecule has 4 heteroatoms. The number of amides is 1. The van der Waals surface area contributed by atoms with Crippen molar-refractivity contribution in [2.24, 2.45) is 11.7 Å². The maximum atomic E-state index is 10.3. The Kier molecular flexibility index (Phi) is 6.02. The topological polar surface area (TPSA) is 78.9 Å². The molecule has 0 aliphatic rings. The molecule has 0 bridgehead atoms. The largest absolute Gasteiger partial charge is 0.370 e. The molecular weight excluding hydrogens is 154 g/mol. The fourth-order valence-corrected chi connectivity index (χ4v) is 0.752. The molecule has 0 aromatic rings. The molecule has 4 nitrogen and oxygen atoms in total. The standard InChI is InChI=1S/C8H15N3O/c1-7(5-9)6-11-4-2-3-8(10)12/h7,11H,2-4,6H2,1H3,(H2,10,12). The minimum atomic E-state index is -0.273. The molecule has 0 aliphatic heterocycles. The molecule has 0 aromatic carbocycles. The molecule has 68 valence electrons. The predicted octanol–water partition coefficient (Wildman–Crippen LogP) is 0.00118. The number of nitrogens with one attached hydrogen (secondary N) is 1. The summed E-state index contributed by atoms with van der Waals surface area (Å²) >= 11 is 0. The Morgan fingerprint density at radius 1 is 1.75 bits per heavy atom. The summed E-state index contributed by atoms with van der Waals surface area (Å²) in [5.41, 5.74) is 4.94. The lowest BCUT2D eigenvalue weighted by molar-refractivity contribution is -0.118. The van der Waals surface area contributed by atoms with Gasteiger partial charge in [-0.1, -0.05) is 0 Å². The normalized spacial score (nSPS) is 12.0. The van der Waals surface area contributed by atoms with Crippen LogP contribution in [0.2, 0.25) is 0 Å². The van der Waals surface area contributed by atoms with E-state index in [4.69, 9.17) is 11.0 Å². The molecule has 1 amide bonds. The van der Waals surface area contributed by atoms with Gasteiger partial charge in [0.15, 0.2) is 0 Å². The zero-order chi connectivity index (χ0) is 9.40. The number of nitriles is 1. The van der Waals surface area contributed by atoms with Crippen molar-refractivity contribution in [3.8, 4) is 6.07 Å². The number of nitrogens with zero attached hydrogens (tertiary/aromatic N) is 1. The van der Waals surface area contributed by atoms with Crippen molar-refractivity contribution >= 4 is 5.91 Å². The lowest BCUT2D eigenvalue weighted by Crippen LogP contribution is -2.22. The van der Waals surface area contributed by atoms with Gasteiger partial charge in [0.05, 0.1) is 12.0 Å². The predicted molar refractivity (Wildman–Crippen MR) is 46.1 cm³/mol. The second kappa shape index (κ2) is 6.62. The molecule has 0 spiro atoms. The first kappa shape index (κ1) is 10.9. The van der Waals surface area contributed by atoms with Crippen LogP contribution in [-0.2, 0) is 4.79 Å². The Morgan fingerprint density at radius 2 is 2.42 bits per heavy atom. The van der Waals surface area contributed by atoms with Gasteiger partial charge in [0.1, 0.15) is 0 Å². The second-order valence-electron chi connectivity index (χ2n) is 2.80. The molecular formula is C8H15N3O. The van der Waals surface area contributed by atoms with Crippen LogP contribution in [0.5, 0.6) is 0 Å².